The Morgan fingerprint density at radius 3 is 0.926 bits per heavy atom. The molecule has 0 aliphatic heterocycles. The Kier molecular flexibility index (Phi) is 10.8. The first kappa shape index (κ1) is 48.9. The molecule has 390 valence electrons. The first-order valence-corrected chi connectivity index (χ1v) is 28.8. The Hall–Kier alpha value is -9.24. The van der Waals surface area contributed by atoms with Crippen molar-refractivity contribution in [1.29, 1.82) is 0 Å². The van der Waals surface area contributed by atoms with E-state index in [2.05, 4.69) is 308 Å². The maximum absolute atomic E-state index is 2.61. The van der Waals surface area contributed by atoms with Gasteiger partial charge >= 0.3 is 0 Å². The van der Waals surface area contributed by atoms with E-state index >= 15 is 0 Å². The second-order valence-electron chi connectivity index (χ2n) is 24.5. The summed E-state index contributed by atoms with van der Waals surface area (Å²) in [6.07, 6.45) is 0. The summed E-state index contributed by atoms with van der Waals surface area (Å²) < 4.78 is 0. The van der Waals surface area contributed by atoms with Gasteiger partial charge < -0.3 is 9.80 Å². The number of fused-ring (bicyclic) bond motifs is 13. The number of hydrogen-bond acceptors (Lipinski definition) is 2. The number of benzene rings is 12. The lowest BCUT2D eigenvalue weighted by Crippen LogP contribution is -2.18. The van der Waals surface area contributed by atoms with Gasteiger partial charge in [0, 0.05) is 49.5 Å². The third kappa shape index (κ3) is 7.12. The second kappa shape index (κ2) is 17.9. The summed E-state index contributed by atoms with van der Waals surface area (Å²) >= 11 is 0. The Bertz CT molecular complexity index is 4280. The fraction of sp³-hybridized carbons (Fsp3) is 0.139. The van der Waals surface area contributed by atoms with E-state index in [1.54, 1.807) is 0 Å². The fourth-order valence-corrected chi connectivity index (χ4v) is 14.7. The highest BCUT2D eigenvalue weighted by Crippen LogP contribution is 2.63. The van der Waals surface area contributed by atoms with Crippen LogP contribution < -0.4 is 9.80 Å². The summed E-state index contributed by atoms with van der Waals surface area (Å²) in [7, 11) is 0. The molecule has 0 amide bonds. The van der Waals surface area contributed by atoms with Crippen LogP contribution in [0.15, 0.2) is 243 Å². The van der Waals surface area contributed by atoms with Crippen molar-refractivity contribution in [3.8, 4) is 55.6 Å². The summed E-state index contributed by atoms with van der Waals surface area (Å²) in [5.74, 6) is 0. The van der Waals surface area contributed by atoms with Crippen molar-refractivity contribution in [2.45, 2.75) is 71.6 Å². The number of nitrogens with zero attached hydrogens (tertiary/aromatic N) is 2. The van der Waals surface area contributed by atoms with Crippen LogP contribution in [0.5, 0.6) is 0 Å². The van der Waals surface area contributed by atoms with Gasteiger partial charge in [0.15, 0.2) is 0 Å². The third-order valence-electron chi connectivity index (χ3n) is 18.9. The highest BCUT2D eigenvalue weighted by molar-refractivity contribution is 6.13. The fourth-order valence-electron chi connectivity index (χ4n) is 14.7. The molecule has 12 aromatic rings. The Morgan fingerprint density at radius 2 is 0.531 bits per heavy atom. The molecule has 2 heteroatoms. The van der Waals surface area contributed by atoms with Gasteiger partial charge in [-0.1, -0.05) is 224 Å². The van der Waals surface area contributed by atoms with Crippen LogP contribution in [0.25, 0.3) is 77.2 Å². The lowest BCUT2D eigenvalue weighted by atomic mass is 9.78. The lowest BCUT2D eigenvalue weighted by Gasteiger charge is -2.32. The molecule has 0 unspecified atom stereocenters. The largest absolute Gasteiger partial charge is 0.309 e. The Balaban J connectivity index is 0.902. The maximum atomic E-state index is 2.61. The van der Waals surface area contributed by atoms with Crippen LogP contribution in [0.1, 0.15) is 86.1 Å². The number of anilines is 6. The minimum Gasteiger partial charge on any atom is -0.309 e. The number of para-hydroxylation sites is 4. The summed E-state index contributed by atoms with van der Waals surface area (Å²) in [4.78, 5) is 5.07. The topological polar surface area (TPSA) is 6.48 Å². The molecule has 0 heterocycles. The monoisotopic (exact) mass is 1040 g/mol. The van der Waals surface area contributed by atoms with E-state index in [0.717, 1.165) is 11.4 Å². The average Bonchev–Trinajstić information content (AvgIpc) is 2.85. The van der Waals surface area contributed by atoms with Crippen molar-refractivity contribution in [1.82, 2.24) is 0 Å². The van der Waals surface area contributed by atoms with Gasteiger partial charge in [-0.2, -0.15) is 0 Å². The minimum absolute atomic E-state index is 0.258. The summed E-state index contributed by atoms with van der Waals surface area (Å²) in [6, 6.07) is 91.1. The normalized spacial score (nSPS) is 14.5. The smallest absolute Gasteiger partial charge is 0.0543 e. The Morgan fingerprint density at radius 1 is 0.235 bits per heavy atom. The summed E-state index contributed by atoms with van der Waals surface area (Å²) in [6.45, 7) is 19.3. The van der Waals surface area contributed by atoms with Gasteiger partial charge in [0.25, 0.3) is 0 Å². The molecule has 3 aliphatic carbocycles. The third-order valence-corrected chi connectivity index (χ3v) is 18.9. The Labute approximate surface area is 477 Å². The molecule has 0 atom stereocenters. The van der Waals surface area contributed by atoms with E-state index in [9.17, 15) is 0 Å². The molecule has 0 saturated heterocycles. The molecule has 15 rings (SSSR count). The lowest BCUT2D eigenvalue weighted by molar-refractivity contribution is 0.649. The predicted octanol–water partition coefficient (Wildman–Crippen LogP) is 21.8. The van der Waals surface area contributed by atoms with Gasteiger partial charge in [0.05, 0.1) is 22.7 Å². The van der Waals surface area contributed by atoms with Crippen LogP contribution in [0.2, 0.25) is 0 Å². The molecule has 12 aromatic carbocycles. The molecular weight excluding hydrogens is 977 g/mol. The molecule has 0 saturated carbocycles. The number of rotatable bonds is 8. The SMILES string of the molecule is Cc1ccccc1N(c1ccccc1-c1ccccc1)c1cc2c(c3ccccc13)-c1cc3c(cc1C2(C)C)-c1cc2c(cc1C3(C)C)-c1c(cc(N(c3ccccc3C)c3ccccc3-c3ccccc3)c3ccccc13)C2(C)C. The van der Waals surface area contributed by atoms with Crippen LogP contribution in [0, 0.1) is 13.8 Å². The van der Waals surface area contributed by atoms with Crippen LogP contribution >= 0.6 is 0 Å². The zero-order valence-corrected chi connectivity index (χ0v) is 47.5. The van der Waals surface area contributed by atoms with Crippen molar-refractivity contribution in [3.05, 3.63) is 287 Å². The molecule has 81 heavy (non-hydrogen) atoms. The van der Waals surface area contributed by atoms with Crippen molar-refractivity contribution < 1.29 is 0 Å². The van der Waals surface area contributed by atoms with E-state index in [0.29, 0.717) is 0 Å². The summed E-state index contributed by atoms with van der Waals surface area (Å²) in [5.41, 5.74) is 29.9. The van der Waals surface area contributed by atoms with Crippen LogP contribution in [0.4, 0.5) is 34.1 Å². The van der Waals surface area contributed by atoms with E-state index in [1.165, 1.54) is 144 Å². The van der Waals surface area contributed by atoms with Gasteiger partial charge in [0.2, 0.25) is 0 Å². The minimum atomic E-state index is -0.300. The average molecular weight is 1040 g/mol. The standard InChI is InChI=1S/C79H64N2/c1-49-27-15-23-39-69(49)80(71-41-25-21-33-53(71)51-29-11-9-12-30-51)73-47-67-75(57-37-19-17-35-55(57)73)61-45-63-59(43-65(61)78(67,5)6)60-44-66-62(46-64(60)77(63,3)4)76-58-38-20-18-36-56(58)74(48-68(76)79(66,7)8)81(70-40-24-16-28-50(70)2)72-42-26-22-34-54(72)52-31-13-10-14-32-52/h9-48H,1-8H3. The zero-order chi connectivity index (χ0) is 55.1. The van der Waals surface area contributed by atoms with E-state index in [-0.39, 0.29) is 16.2 Å². The molecular formula is C79H64N2. The van der Waals surface area contributed by atoms with Gasteiger partial charge in [-0.05, 0) is 174 Å². The molecule has 0 aromatic heterocycles. The summed E-state index contributed by atoms with van der Waals surface area (Å²) in [5, 5.41) is 5.05. The highest BCUT2D eigenvalue weighted by atomic mass is 15.2. The van der Waals surface area contributed by atoms with E-state index < -0.39 is 0 Å². The van der Waals surface area contributed by atoms with Crippen LogP contribution in [-0.2, 0) is 16.2 Å². The number of hydrogen-bond donors (Lipinski definition) is 0. The van der Waals surface area contributed by atoms with Crippen LogP contribution in [0.3, 0.4) is 0 Å². The second-order valence-corrected chi connectivity index (χ2v) is 24.5. The first-order chi connectivity index (χ1) is 39.3. The van der Waals surface area contributed by atoms with Crippen molar-refractivity contribution in [2.75, 3.05) is 9.80 Å². The van der Waals surface area contributed by atoms with Gasteiger partial charge in [-0.3, -0.25) is 0 Å². The maximum Gasteiger partial charge on any atom is 0.0543 e. The molecule has 2 nitrogen and oxygen atoms in total. The van der Waals surface area contributed by atoms with Gasteiger partial charge in [0.1, 0.15) is 0 Å². The zero-order valence-electron chi connectivity index (χ0n) is 47.5. The van der Waals surface area contributed by atoms with E-state index in [4.69, 9.17) is 0 Å². The quantitative estimate of drug-likeness (QED) is 0.150. The van der Waals surface area contributed by atoms with Crippen LogP contribution in [-0.4, -0.2) is 0 Å². The van der Waals surface area contributed by atoms with Gasteiger partial charge in [-0.25, -0.2) is 0 Å². The first-order valence-electron chi connectivity index (χ1n) is 28.8. The molecule has 0 spiro atoms. The molecule has 0 bridgehead atoms. The van der Waals surface area contributed by atoms with Crippen molar-refractivity contribution in [2.24, 2.45) is 0 Å². The molecule has 0 radical (unpaired) electrons. The van der Waals surface area contributed by atoms with Crippen molar-refractivity contribution >= 4 is 55.7 Å². The molecule has 0 N–H and O–H groups in total. The highest BCUT2D eigenvalue weighted by Gasteiger charge is 2.46. The van der Waals surface area contributed by atoms with Gasteiger partial charge in [-0.15, -0.1) is 0 Å². The molecule has 0 fully saturated rings. The van der Waals surface area contributed by atoms with Crippen molar-refractivity contribution in [3.63, 3.8) is 0 Å². The molecule has 3 aliphatic rings. The van der Waals surface area contributed by atoms with E-state index in [1.807, 2.05) is 0 Å². The predicted molar refractivity (Wildman–Crippen MR) is 344 cm³/mol. The number of aryl methyl sites for hydroxylation is 2.